The topological polar surface area (TPSA) is 111 Å². The summed E-state index contributed by atoms with van der Waals surface area (Å²) in [5, 5.41) is 11.7. The van der Waals surface area contributed by atoms with Gasteiger partial charge in [-0.15, -0.1) is 11.8 Å². The van der Waals surface area contributed by atoms with Gasteiger partial charge in [-0.3, -0.25) is 9.59 Å². The number of nitrogens with zero attached hydrogens (tertiary/aromatic N) is 3. The minimum Gasteiger partial charge on any atom is -0.324 e. The second-order valence-electron chi connectivity index (χ2n) is 7.61. The van der Waals surface area contributed by atoms with Crippen LogP contribution < -0.4 is 5.32 Å². The summed E-state index contributed by atoms with van der Waals surface area (Å²) in [6, 6.07) is 13.9. The third-order valence-corrected chi connectivity index (χ3v) is 8.42. The van der Waals surface area contributed by atoms with Gasteiger partial charge in [0, 0.05) is 30.1 Å². The molecule has 2 fully saturated rings. The van der Waals surface area contributed by atoms with Gasteiger partial charge in [0.15, 0.2) is 0 Å². The molecule has 166 valence electrons. The molecule has 0 radical (unpaired) electrons. The van der Waals surface area contributed by atoms with E-state index in [1.165, 1.54) is 33.1 Å². The van der Waals surface area contributed by atoms with Crippen LogP contribution >= 0.6 is 11.8 Å². The molecular weight excluding hydrogens is 448 g/mol. The number of hydrogen-bond donors (Lipinski definition) is 1. The van der Waals surface area contributed by atoms with Gasteiger partial charge in [-0.1, -0.05) is 6.07 Å². The van der Waals surface area contributed by atoms with Crippen molar-refractivity contribution in [3.63, 3.8) is 0 Å². The summed E-state index contributed by atoms with van der Waals surface area (Å²) in [7, 11) is -3.64. The molecule has 2 amide bonds. The lowest BCUT2D eigenvalue weighted by Crippen LogP contribution is -2.44. The van der Waals surface area contributed by atoms with E-state index in [1.807, 2.05) is 6.07 Å². The van der Waals surface area contributed by atoms with E-state index in [9.17, 15) is 18.0 Å². The number of rotatable bonds is 5. The second kappa shape index (κ2) is 9.32. The molecule has 0 aliphatic carbocycles. The Balaban J connectivity index is 1.51. The predicted molar refractivity (Wildman–Crippen MR) is 122 cm³/mol. The number of sulfonamides is 1. The lowest BCUT2D eigenvalue weighted by atomic mass is 10.1. The fourth-order valence-electron chi connectivity index (χ4n) is 3.75. The van der Waals surface area contributed by atoms with Gasteiger partial charge in [0.1, 0.15) is 6.04 Å². The minimum absolute atomic E-state index is 0.0932. The van der Waals surface area contributed by atoms with Crippen LogP contribution in [0, 0.1) is 11.3 Å². The van der Waals surface area contributed by atoms with Gasteiger partial charge in [0.2, 0.25) is 15.9 Å². The molecule has 0 saturated carbocycles. The highest BCUT2D eigenvalue weighted by molar-refractivity contribution is 7.99. The van der Waals surface area contributed by atoms with Crippen LogP contribution in [-0.4, -0.2) is 60.2 Å². The van der Waals surface area contributed by atoms with Gasteiger partial charge in [-0.05, 0) is 55.3 Å². The molecule has 0 spiro atoms. The number of nitrogens with one attached hydrogen (secondary N) is 1. The van der Waals surface area contributed by atoms with Crippen molar-refractivity contribution in [1.29, 1.82) is 5.26 Å². The highest BCUT2D eigenvalue weighted by Gasteiger charge is 2.36. The lowest BCUT2D eigenvalue weighted by molar-refractivity contribution is -0.119. The molecule has 1 unspecified atom stereocenters. The fourth-order valence-corrected chi connectivity index (χ4v) is 6.46. The van der Waals surface area contributed by atoms with Gasteiger partial charge in [0.05, 0.1) is 22.4 Å². The molecule has 1 N–H and O–H groups in total. The smallest absolute Gasteiger partial charge is 0.255 e. The summed E-state index contributed by atoms with van der Waals surface area (Å²) in [5.74, 6) is 0.0786. The Morgan fingerprint density at radius 3 is 2.50 bits per heavy atom. The first-order valence-electron chi connectivity index (χ1n) is 10.2. The Bertz CT molecular complexity index is 1170. The van der Waals surface area contributed by atoms with E-state index in [0.717, 1.165) is 12.8 Å². The number of nitriles is 1. The van der Waals surface area contributed by atoms with E-state index in [0.29, 0.717) is 36.0 Å². The quantitative estimate of drug-likeness (QED) is 0.719. The van der Waals surface area contributed by atoms with E-state index in [4.69, 9.17) is 5.26 Å². The Morgan fingerprint density at radius 1 is 1.09 bits per heavy atom. The van der Waals surface area contributed by atoms with Crippen LogP contribution in [0.1, 0.15) is 28.8 Å². The first-order valence-corrected chi connectivity index (χ1v) is 12.8. The lowest BCUT2D eigenvalue weighted by Gasteiger charge is -2.23. The monoisotopic (exact) mass is 470 g/mol. The maximum Gasteiger partial charge on any atom is 0.255 e. The predicted octanol–water partition coefficient (Wildman–Crippen LogP) is 2.50. The van der Waals surface area contributed by atoms with Gasteiger partial charge in [0.25, 0.3) is 5.91 Å². The van der Waals surface area contributed by atoms with E-state index in [-0.39, 0.29) is 22.3 Å². The van der Waals surface area contributed by atoms with Crippen molar-refractivity contribution in [1.82, 2.24) is 9.21 Å². The normalized spacial score (nSPS) is 19.0. The van der Waals surface area contributed by atoms with Crippen LogP contribution in [0.3, 0.4) is 0 Å². The average Bonchev–Trinajstić information content (AvgIpc) is 3.52. The standard InChI is InChI=1S/C22H22N4O4S2/c23-13-16-6-8-18(9-7-16)24-21(27)20-14-31-15-26(20)22(28)17-4-3-5-19(12-17)32(29,30)25-10-1-2-11-25/h3-9,12,20H,1-2,10-11,14-15H2,(H,24,27). The Labute approximate surface area is 191 Å². The van der Waals surface area contributed by atoms with Crippen molar-refractivity contribution >= 4 is 39.3 Å². The molecule has 10 heteroatoms. The van der Waals surface area contributed by atoms with Crippen molar-refractivity contribution in [2.45, 2.75) is 23.8 Å². The molecule has 2 aliphatic heterocycles. The zero-order valence-corrected chi connectivity index (χ0v) is 18.9. The average molecular weight is 471 g/mol. The van der Waals surface area contributed by atoms with E-state index >= 15 is 0 Å². The second-order valence-corrected chi connectivity index (χ2v) is 10.5. The molecule has 2 aromatic carbocycles. The van der Waals surface area contributed by atoms with Crippen LogP contribution in [0.2, 0.25) is 0 Å². The van der Waals surface area contributed by atoms with E-state index < -0.39 is 16.1 Å². The third-order valence-electron chi connectivity index (χ3n) is 5.51. The van der Waals surface area contributed by atoms with Crippen molar-refractivity contribution in [3.05, 3.63) is 59.7 Å². The number of carbonyl (C=O) groups excluding carboxylic acids is 2. The number of carbonyl (C=O) groups is 2. The molecule has 32 heavy (non-hydrogen) atoms. The third kappa shape index (κ3) is 4.50. The number of anilines is 1. The summed E-state index contributed by atoms with van der Waals surface area (Å²) in [6.07, 6.45) is 1.66. The SMILES string of the molecule is N#Cc1ccc(NC(=O)C2CSCN2C(=O)c2cccc(S(=O)(=O)N3CCCC3)c2)cc1. The zero-order chi connectivity index (χ0) is 22.7. The zero-order valence-electron chi connectivity index (χ0n) is 17.2. The summed E-state index contributed by atoms with van der Waals surface area (Å²) in [4.78, 5) is 27.6. The van der Waals surface area contributed by atoms with Crippen LogP contribution in [-0.2, 0) is 14.8 Å². The molecule has 2 heterocycles. The molecule has 1 atom stereocenters. The summed E-state index contributed by atoms with van der Waals surface area (Å²) >= 11 is 1.46. The fraction of sp³-hybridized carbons (Fsp3) is 0.318. The first kappa shape index (κ1) is 22.3. The van der Waals surface area contributed by atoms with Gasteiger partial charge >= 0.3 is 0 Å². The van der Waals surface area contributed by atoms with Crippen molar-refractivity contribution < 1.29 is 18.0 Å². The molecular formula is C22H22N4O4S2. The first-order chi connectivity index (χ1) is 15.4. The summed E-state index contributed by atoms with van der Waals surface area (Å²) < 4.78 is 27.2. The van der Waals surface area contributed by atoms with Crippen LogP contribution in [0.25, 0.3) is 0 Å². The Morgan fingerprint density at radius 2 is 1.81 bits per heavy atom. The van der Waals surface area contributed by atoms with Gasteiger partial charge < -0.3 is 10.2 Å². The van der Waals surface area contributed by atoms with Crippen LogP contribution in [0.15, 0.2) is 53.4 Å². The number of amides is 2. The van der Waals surface area contributed by atoms with Crippen molar-refractivity contribution in [2.75, 3.05) is 30.0 Å². The molecule has 0 bridgehead atoms. The molecule has 2 aromatic rings. The molecule has 2 saturated heterocycles. The Kier molecular flexibility index (Phi) is 6.50. The largest absolute Gasteiger partial charge is 0.324 e. The number of benzene rings is 2. The maximum absolute atomic E-state index is 13.2. The molecule has 8 nitrogen and oxygen atoms in total. The summed E-state index contributed by atoms with van der Waals surface area (Å²) in [5.41, 5.74) is 1.26. The maximum atomic E-state index is 13.2. The van der Waals surface area contributed by atoms with Gasteiger partial charge in [-0.2, -0.15) is 9.57 Å². The van der Waals surface area contributed by atoms with Gasteiger partial charge in [-0.25, -0.2) is 8.42 Å². The van der Waals surface area contributed by atoms with E-state index in [1.54, 1.807) is 36.4 Å². The number of thioether (sulfide) groups is 1. The van der Waals surface area contributed by atoms with Crippen molar-refractivity contribution in [2.24, 2.45) is 0 Å². The van der Waals surface area contributed by atoms with Crippen LogP contribution in [0.5, 0.6) is 0 Å². The molecule has 0 aromatic heterocycles. The van der Waals surface area contributed by atoms with Crippen LogP contribution in [0.4, 0.5) is 5.69 Å². The molecule has 4 rings (SSSR count). The highest BCUT2D eigenvalue weighted by atomic mass is 32.2. The summed E-state index contributed by atoms with van der Waals surface area (Å²) in [6.45, 7) is 0.974. The van der Waals surface area contributed by atoms with Crippen molar-refractivity contribution in [3.8, 4) is 6.07 Å². The minimum atomic E-state index is -3.64. The van der Waals surface area contributed by atoms with E-state index in [2.05, 4.69) is 5.32 Å². The highest BCUT2D eigenvalue weighted by Crippen LogP contribution is 2.26. The number of hydrogen-bond acceptors (Lipinski definition) is 6. The Hall–Kier alpha value is -2.87. The molecule has 2 aliphatic rings.